The average Bonchev–Trinajstić information content (AvgIpc) is 2.84. The molecule has 2 aromatic heterocycles. The molecule has 2 heterocycles. The van der Waals surface area contributed by atoms with Crippen LogP contribution in [-0.4, -0.2) is 9.78 Å². The first kappa shape index (κ1) is 12.6. The quantitative estimate of drug-likeness (QED) is 0.916. The van der Waals surface area contributed by atoms with Gasteiger partial charge >= 0.3 is 0 Å². The van der Waals surface area contributed by atoms with E-state index in [0.29, 0.717) is 6.04 Å². The highest BCUT2D eigenvalue weighted by atomic mass is 79.9. The van der Waals surface area contributed by atoms with E-state index < -0.39 is 0 Å². The summed E-state index contributed by atoms with van der Waals surface area (Å²) in [6.45, 7) is 7.19. The molecule has 0 saturated carbocycles. The summed E-state index contributed by atoms with van der Waals surface area (Å²) in [7, 11) is 0. The van der Waals surface area contributed by atoms with Crippen LogP contribution < -0.4 is 5.32 Å². The van der Waals surface area contributed by atoms with Crippen LogP contribution in [0.1, 0.15) is 29.6 Å². The SMILES string of the molecule is Cc1sc(CNc2ccn(C(C)C)n2)cc1Br. The number of hydrogen-bond donors (Lipinski definition) is 1. The summed E-state index contributed by atoms with van der Waals surface area (Å²) in [6.07, 6.45) is 2.00. The number of nitrogens with zero attached hydrogens (tertiary/aromatic N) is 2. The summed E-state index contributed by atoms with van der Waals surface area (Å²) in [6, 6.07) is 4.57. The number of hydrogen-bond acceptors (Lipinski definition) is 3. The van der Waals surface area contributed by atoms with Crippen LogP contribution in [0.25, 0.3) is 0 Å². The second-order valence-corrected chi connectivity index (χ2v) is 6.44. The topological polar surface area (TPSA) is 29.9 Å². The highest BCUT2D eigenvalue weighted by Crippen LogP contribution is 2.26. The van der Waals surface area contributed by atoms with Crippen molar-refractivity contribution in [2.75, 3.05) is 5.32 Å². The minimum absolute atomic E-state index is 0.406. The van der Waals surface area contributed by atoms with Gasteiger partial charge < -0.3 is 5.32 Å². The van der Waals surface area contributed by atoms with E-state index in [2.05, 4.69) is 53.2 Å². The normalized spacial score (nSPS) is 11.1. The largest absolute Gasteiger partial charge is 0.364 e. The van der Waals surface area contributed by atoms with E-state index in [4.69, 9.17) is 0 Å². The Bertz CT molecular complexity index is 482. The van der Waals surface area contributed by atoms with Crippen LogP contribution in [-0.2, 0) is 6.54 Å². The van der Waals surface area contributed by atoms with Gasteiger partial charge in [0.05, 0.1) is 6.54 Å². The van der Waals surface area contributed by atoms with Crippen molar-refractivity contribution in [3.05, 3.63) is 32.6 Å². The standard InChI is InChI=1S/C12H16BrN3S/c1-8(2)16-5-4-12(15-16)14-7-10-6-11(13)9(3)17-10/h4-6,8H,7H2,1-3H3,(H,14,15). The second kappa shape index (κ2) is 5.23. The van der Waals surface area contributed by atoms with Crippen molar-refractivity contribution in [1.29, 1.82) is 0 Å². The molecule has 0 amide bonds. The van der Waals surface area contributed by atoms with E-state index in [1.807, 2.05) is 16.9 Å². The Hall–Kier alpha value is -0.810. The van der Waals surface area contributed by atoms with E-state index >= 15 is 0 Å². The minimum Gasteiger partial charge on any atom is -0.364 e. The van der Waals surface area contributed by atoms with Gasteiger partial charge in [0.2, 0.25) is 0 Å². The van der Waals surface area contributed by atoms with E-state index in [9.17, 15) is 0 Å². The van der Waals surface area contributed by atoms with Crippen molar-refractivity contribution in [3.63, 3.8) is 0 Å². The molecule has 0 aromatic carbocycles. The van der Waals surface area contributed by atoms with Crippen molar-refractivity contribution >= 4 is 33.1 Å². The maximum absolute atomic E-state index is 4.45. The van der Waals surface area contributed by atoms with Crippen LogP contribution >= 0.6 is 27.3 Å². The third-order valence-electron chi connectivity index (χ3n) is 2.49. The lowest BCUT2D eigenvalue weighted by molar-refractivity contribution is 0.534. The number of thiophene rings is 1. The first-order valence-corrected chi connectivity index (χ1v) is 7.21. The van der Waals surface area contributed by atoms with Crippen LogP contribution in [0.15, 0.2) is 22.8 Å². The molecule has 92 valence electrons. The number of aryl methyl sites for hydroxylation is 1. The lowest BCUT2D eigenvalue weighted by atomic mass is 10.4. The first-order chi connectivity index (χ1) is 8.06. The molecule has 0 aliphatic carbocycles. The van der Waals surface area contributed by atoms with Crippen molar-refractivity contribution in [1.82, 2.24) is 9.78 Å². The number of nitrogens with one attached hydrogen (secondary N) is 1. The molecule has 3 nitrogen and oxygen atoms in total. The number of aromatic nitrogens is 2. The monoisotopic (exact) mass is 313 g/mol. The van der Waals surface area contributed by atoms with Crippen molar-refractivity contribution in [2.24, 2.45) is 0 Å². The number of anilines is 1. The molecule has 2 rings (SSSR count). The fourth-order valence-electron chi connectivity index (χ4n) is 1.50. The van der Waals surface area contributed by atoms with Gasteiger partial charge in [-0.25, -0.2) is 0 Å². The van der Waals surface area contributed by atoms with Gasteiger partial charge in [-0.05, 0) is 42.8 Å². The average molecular weight is 314 g/mol. The lowest BCUT2D eigenvalue weighted by Crippen LogP contribution is -2.03. The van der Waals surface area contributed by atoms with Gasteiger partial charge in [0.25, 0.3) is 0 Å². The van der Waals surface area contributed by atoms with E-state index in [1.165, 1.54) is 14.2 Å². The maximum Gasteiger partial charge on any atom is 0.148 e. The Morgan fingerprint density at radius 3 is 2.82 bits per heavy atom. The fourth-order valence-corrected chi connectivity index (χ4v) is 3.04. The summed E-state index contributed by atoms with van der Waals surface area (Å²) in [4.78, 5) is 2.63. The Balaban J connectivity index is 1.97. The molecule has 0 aliphatic rings. The molecule has 1 N–H and O–H groups in total. The van der Waals surface area contributed by atoms with Crippen molar-refractivity contribution in [3.8, 4) is 0 Å². The van der Waals surface area contributed by atoms with Gasteiger partial charge in [-0.1, -0.05) is 0 Å². The van der Waals surface area contributed by atoms with Gasteiger partial charge in [0.1, 0.15) is 5.82 Å². The van der Waals surface area contributed by atoms with E-state index in [0.717, 1.165) is 12.4 Å². The van der Waals surface area contributed by atoms with Crippen LogP contribution in [0.4, 0.5) is 5.82 Å². The molecule has 2 aromatic rings. The Morgan fingerprint density at radius 1 is 1.53 bits per heavy atom. The molecule has 0 unspecified atom stereocenters. The fraction of sp³-hybridized carbons (Fsp3) is 0.417. The van der Waals surface area contributed by atoms with Crippen LogP contribution in [0, 0.1) is 6.92 Å². The van der Waals surface area contributed by atoms with Gasteiger partial charge in [-0.15, -0.1) is 11.3 Å². The second-order valence-electron chi connectivity index (χ2n) is 4.25. The Labute approximate surface area is 114 Å². The van der Waals surface area contributed by atoms with Gasteiger partial charge in [0.15, 0.2) is 0 Å². The van der Waals surface area contributed by atoms with Crippen LogP contribution in [0.3, 0.4) is 0 Å². The minimum atomic E-state index is 0.406. The van der Waals surface area contributed by atoms with Crippen molar-refractivity contribution in [2.45, 2.75) is 33.4 Å². The molecule has 0 bridgehead atoms. The molecule has 0 fully saturated rings. The molecule has 0 aliphatic heterocycles. The summed E-state index contributed by atoms with van der Waals surface area (Å²) < 4.78 is 3.14. The maximum atomic E-state index is 4.45. The van der Waals surface area contributed by atoms with Gasteiger partial charge in [-0.3, -0.25) is 4.68 Å². The Kier molecular flexibility index (Phi) is 3.89. The molecule has 0 radical (unpaired) electrons. The predicted molar refractivity (Wildman–Crippen MR) is 76.7 cm³/mol. The highest BCUT2D eigenvalue weighted by molar-refractivity contribution is 9.10. The third kappa shape index (κ3) is 3.10. The van der Waals surface area contributed by atoms with Crippen LogP contribution in [0.5, 0.6) is 0 Å². The first-order valence-electron chi connectivity index (χ1n) is 5.60. The van der Waals surface area contributed by atoms with E-state index in [1.54, 1.807) is 11.3 Å². The van der Waals surface area contributed by atoms with Gasteiger partial charge in [-0.2, -0.15) is 5.10 Å². The smallest absolute Gasteiger partial charge is 0.148 e. The highest BCUT2D eigenvalue weighted by Gasteiger charge is 2.04. The lowest BCUT2D eigenvalue weighted by Gasteiger charge is -2.04. The molecule has 0 atom stereocenters. The zero-order chi connectivity index (χ0) is 12.4. The van der Waals surface area contributed by atoms with Crippen molar-refractivity contribution < 1.29 is 0 Å². The molecule has 0 saturated heterocycles. The Morgan fingerprint density at radius 2 is 2.29 bits per heavy atom. The molecular weight excluding hydrogens is 298 g/mol. The van der Waals surface area contributed by atoms with E-state index in [-0.39, 0.29) is 0 Å². The molecular formula is C12H16BrN3S. The van der Waals surface area contributed by atoms with Crippen LogP contribution in [0.2, 0.25) is 0 Å². The number of halogens is 1. The molecule has 17 heavy (non-hydrogen) atoms. The zero-order valence-corrected chi connectivity index (χ0v) is 12.6. The molecule has 0 spiro atoms. The number of rotatable bonds is 4. The third-order valence-corrected chi connectivity index (χ3v) is 4.63. The summed E-state index contributed by atoms with van der Waals surface area (Å²) in [5.41, 5.74) is 0. The van der Waals surface area contributed by atoms with Gasteiger partial charge in [0, 0.05) is 32.5 Å². The summed E-state index contributed by atoms with van der Waals surface area (Å²) in [5, 5.41) is 7.79. The summed E-state index contributed by atoms with van der Waals surface area (Å²) in [5.74, 6) is 0.931. The summed E-state index contributed by atoms with van der Waals surface area (Å²) >= 11 is 5.33. The zero-order valence-electron chi connectivity index (χ0n) is 10.2. The predicted octanol–water partition coefficient (Wildman–Crippen LogP) is 4.21. The molecule has 5 heteroatoms.